The van der Waals surface area contributed by atoms with Gasteiger partial charge in [-0.25, -0.2) is 14.8 Å². The molecular weight excluding hydrogens is 356 g/mol. The third kappa shape index (κ3) is 3.81. The van der Waals surface area contributed by atoms with Crippen molar-refractivity contribution in [2.45, 2.75) is 45.1 Å². The number of piperidine rings is 1. The first kappa shape index (κ1) is 18.7. The second-order valence-corrected chi connectivity index (χ2v) is 8.16. The normalized spacial score (nSPS) is 22.8. The van der Waals surface area contributed by atoms with E-state index in [0.29, 0.717) is 13.1 Å². The van der Waals surface area contributed by atoms with Crippen molar-refractivity contribution in [2.75, 3.05) is 26.2 Å². The SMILES string of the molecule is CC(C)NC(=O)N1CCCC(C(=O)N2CCC(c3nc4ncccc4[nH]3)C2)C1. The lowest BCUT2D eigenvalue weighted by atomic mass is 9.96. The summed E-state index contributed by atoms with van der Waals surface area (Å²) in [5.74, 6) is 1.18. The number of imidazole rings is 1. The zero-order valence-corrected chi connectivity index (χ0v) is 16.5. The highest BCUT2D eigenvalue weighted by atomic mass is 16.2. The van der Waals surface area contributed by atoms with Gasteiger partial charge in [0.1, 0.15) is 5.82 Å². The molecule has 0 radical (unpaired) electrons. The lowest BCUT2D eigenvalue weighted by molar-refractivity contribution is -0.135. The van der Waals surface area contributed by atoms with Crippen LogP contribution < -0.4 is 5.32 Å². The van der Waals surface area contributed by atoms with Crippen molar-refractivity contribution in [1.29, 1.82) is 0 Å². The van der Waals surface area contributed by atoms with Crippen molar-refractivity contribution in [3.05, 3.63) is 24.2 Å². The maximum atomic E-state index is 13.1. The van der Waals surface area contributed by atoms with Crippen LogP contribution >= 0.6 is 0 Å². The molecule has 8 nitrogen and oxygen atoms in total. The summed E-state index contributed by atoms with van der Waals surface area (Å²) in [4.78, 5) is 41.3. The molecule has 0 saturated carbocycles. The van der Waals surface area contributed by atoms with Gasteiger partial charge >= 0.3 is 6.03 Å². The van der Waals surface area contributed by atoms with E-state index in [-0.39, 0.29) is 29.8 Å². The fourth-order valence-electron chi connectivity index (χ4n) is 4.20. The number of urea groups is 1. The Kier molecular flexibility index (Phi) is 5.19. The molecule has 3 amide bonds. The number of nitrogens with one attached hydrogen (secondary N) is 2. The number of likely N-dealkylation sites (tertiary alicyclic amines) is 2. The predicted molar refractivity (Wildman–Crippen MR) is 106 cm³/mol. The summed E-state index contributed by atoms with van der Waals surface area (Å²) < 4.78 is 0. The first-order chi connectivity index (χ1) is 13.5. The maximum Gasteiger partial charge on any atom is 0.317 e. The monoisotopic (exact) mass is 384 g/mol. The Balaban J connectivity index is 1.38. The summed E-state index contributed by atoms with van der Waals surface area (Å²) >= 11 is 0. The van der Waals surface area contributed by atoms with Crippen LogP contribution in [0.3, 0.4) is 0 Å². The van der Waals surface area contributed by atoms with Gasteiger partial charge in [0.15, 0.2) is 5.65 Å². The van der Waals surface area contributed by atoms with Crippen LogP contribution in [-0.2, 0) is 4.79 Å². The second-order valence-electron chi connectivity index (χ2n) is 8.16. The Morgan fingerprint density at radius 1 is 1.21 bits per heavy atom. The molecule has 2 aromatic heterocycles. The molecule has 150 valence electrons. The second kappa shape index (κ2) is 7.77. The van der Waals surface area contributed by atoms with E-state index >= 15 is 0 Å². The molecule has 8 heteroatoms. The van der Waals surface area contributed by atoms with E-state index in [1.807, 2.05) is 30.9 Å². The molecule has 2 aliphatic rings. The highest BCUT2D eigenvalue weighted by Crippen LogP contribution is 2.29. The van der Waals surface area contributed by atoms with Gasteiger partial charge in [-0.05, 0) is 45.2 Å². The topological polar surface area (TPSA) is 94.2 Å². The maximum absolute atomic E-state index is 13.1. The van der Waals surface area contributed by atoms with E-state index in [1.165, 1.54) is 0 Å². The standard InChI is InChI=1S/C20H28N6O2/c1-13(2)22-20(28)26-9-4-5-15(12-26)19(27)25-10-7-14(11-25)17-23-16-6-3-8-21-18(16)24-17/h3,6,8,13-15H,4-5,7,9-12H2,1-2H3,(H,22,28)(H,21,23,24). The Morgan fingerprint density at radius 3 is 2.86 bits per heavy atom. The van der Waals surface area contributed by atoms with Crippen LogP contribution in [0.25, 0.3) is 11.2 Å². The summed E-state index contributed by atoms with van der Waals surface area (Å²) in [6.45, 7) is 6.53. The van der Waals surface area contributed by atoms with Gasteiger partial charge in [-0.15, -0.1) is 0 Å². The van der Waals surface area contributed by atoms with E-state index in [2.05, 4.69) is 20.3 Å². The van der Waals surface area contributed by atoms with Crippen LogP contribution in [0.4, 0.5) is 4.79 Å². The number of nitrogens with zero attached hydrogens (tertiary/aromatic N) is 4. The van der Waals surface area contributed by atoms with Crippen molar-refractivity contribution < 1.29 is 9.59 Å². The fourth-order valence-corrected chi connectivity index (χ4v) is 4.20. The van der Waals surface area contributed by atoms with Gasteiger partial charge in [-0.3, -0.25) is 4.79 Å². The van der Waals surface area contributed by atoms with Gasteiger partial charge in [0.25, 0.3) is 0 Å². The van der Waals surface area contributed by atoms with Crippen LogP contribution in [0, 0.1) is 5.92 Å². The average Bonchev–Trinajstić information content (AvgIpc) is 3.34. The average molecular weight is 384 g/mol. The Labute approximate surface area is 164 Å². The molecular formula is C20H28N6O2. The molecule has 2 unspecified atom stereocenters. The van der Waals surface area contributed by atoms with Gasteiger partial charge in [0.05, 0.1) is 11.4 Å². The number of amides is 3. The molecule has 4 heterocycles. The smallest absolute Gasteiger partial charge is 0.317 e. The van der Waals surface area contributed by atoms with E-state index in [0.717, 1.165) is 49.3 Å². The van der Waals surface area contributed by atoms with Crippen molar-refractivity contribution in [2.24, 2.45) is 5.92 Å². The third-order valence-electron chi connectivity index (χ3n) is 5.63. The minimum atomic E-state index is -0.109. The highest BCUT2D eigenvalue weighted by Gasteiger charge is 2.35. The predicted octanol–water partition coefficient (Wildman–Crippen LogP) is 2.10. The van der Waals surface area contributed by atoms with Gasteiger partial charge in [0.2, 0.25) is 5.91 Å². The van der Waals surface area contributed by atoms with E-state index in [4.69, 9.17) is 0 Å². The van der Waals surface area contributed by atoms with Crippen LogP contribution in [0.1, 0.15) is 44.9 Å². The van der Waals surface area contributed by atoms with E-state index in [9.17, 15) is 9.59 Å². The summed E-state index contributed by atoms with van der Waals surface area (Å²) in [7, 11) is 0. The molecule has 28 heavy (non-hydrogen) atoms. The van der Waals surface area contributed by atoms with Gasteiger partial charge in [0, 0.05) is 44.3 Å². The molecule has 0 aliphatic carbocycles. The number of rotatable bonds is 3. The Bertz CT molecular complexity index is 830. The zero-order valence-electron chi connectivity index (χ0n) is 16.5. The minimum absolute atomic E-state index is 0.0680. The van der Waals surface area contributed by atoms with E-state index < -0.39 is 0 Å². The lowest BCUT2D eigenvalue weighted by Gasteiger charge is -2.34. The minimum Gasteiger partial charge on any atom is -0.342 e. The molecule has 0 spiro atoms. The number of hydrogen-bond acceptors (Lipinski definition) is 4. The van der Waals surface area contributed by atoms with Gasteiger partial charge in [-0.2, -0.15) is 0 Å². The largest absolute Gasteiger partial charge is 0.342 e. The van der Waals surface area contributed by atoms with Gasteiger partial charge < -0.3 is 20.1 Å². The number of aromatic amines is 1. The van der Waals surface area contributed by atoms with Crippen LogP contribution in [0.2, 0.25) is 0 Å². The number of fused-ring (bicyclic) bond motifs is 1. The molecule has 2 fully saturated rings. The van der Waals surface area contributed by atoms with Crippen molar-refractivity contribution in [3.63, 3.8) is 0 Å². The zero-order chi connectivity index (χ0) is 19.7. The van der Waals surface area contributed by atoms with Crippen molar-refractivity contribution in [1.82, 2.24) is 30.1 Å². The summed E-state index contributed by atoms with van der Waals surface area (Å²) in [6, 6.07) is 3.89. The molecule has 2 N–H and O–H groups in total. The molecule has 2 aromatic rings. The number of hydrogen-bond donors (Lipinski definition) is 2. The lowest BCUT2D eigenvalue weighted by Crippen LogP contribution is -2.50. The van der Waals surface area contributed by atoms with Crippen LogP contribution in [-0.4, -0.2) is 68.9 Å². The van der Waals surface area contributed by atoms with Crippen molar-refractivity contribution in [3.8, 4) is 0 Å². The van der Waals surface area contributed by atoms with Gasteiger partial charge in [-0.1, -0.05) is 0 Å². The Hall–Kier alpha value is -2.64. The molecule has 0 bridgehead atoms. The van der Waals surface area contributed by atoms with E-state index in [1.54, 1.807) is 11.1 Å². The molecule has 2 atom stereocenters. The number of carbonyl (C=O) groups excluding carboxylic acids is 2. The molecule has 4 rings (SSSR count). The molecule has 0 aromatic carbocycles. The quantitative estimate of drug-likeness (QED) is 0.847. The molecule has 2 saturated heterocycles. The van der Waals surface area contributed by atoms with Crippen molar-refractivity contribution >= 4 is 23.1 Å². The highest BCUT2D eigenvalue weighted by molar-refractivity contribution is 5.81. The van der Waals surface area contributed by atoms with Crippen LogP contribution in [0.15, 0.2) is 18.3 Å². The number of pyridine rings is 1. The first-order valence-corrected chi connectivity index (χ1v) is 10.2. The fraction of sp³-hybridized carbons (Fsp3) is 0.600. The Morgan fingerprint density at radius 2 is 2.07 bits per heavy atom. The first-order valence-electron chi connectivity index (χ1n) is 10.2. The van der Waals surface area contributed by atoms with Crippen LogP contribution in [0.5, 0.6) is 0 Å². The third-order valence-corrected chi connectivity index (χ3v) is 5.63. The summed E-state index contributed by atoms with van der Waals surface area (Å²) in [5.41, 5.74) is 1.66. The summed E-state index contributed by atoms with van der Waals surface area (Å²) in [6.07, 6.45) is 4.35. The number of carbonyl (C=O) groups is 2. The summed E-state index contributed by atoms with van der Waals surface area (Å²) in [5, 5.41) is 2.93. The number of aromatic nitrogens is 3. The molecule has 2 aliphatic heterocycles. The number of H-pyrrole nitrogens is 1.